The summed E-state index contributed by atoms with van der Waals surface area (Å²) >= 11 is 5.27. The van der Waals surface area contributed by atoms with E-state index in [4.69, 9.17) is 21.8 Å². The molecule has 0 unspecified atom stereocenters. The van der Waals surface area contributed by atoms with Gasteiger partial charge in [0.2, 0.25) is 0 Å². The molecular formula is C7H4ClF2NO3. The predicted molar refractivity (Wildman–Crippen MR) is 42.8 cm³/mol. The quantitative estimate of drug-likeness (QED) is 0.753. The third-order valence-corrected chi connectivity index (χ3v) is 1.72. The zero-order valence-electron chi connectivity index (χ0n) is 6.54. The minimum absolute atomic E-state index is 0.587. The van der Waals surface area contributed by atoms with Crippen molar-refractivity contribution in [3.05, 3.63) is 22.5 Å². The van der Waals surface area contributed by atoms with Gasteiger partial charge in [-0.15, -0.1) is 0 Å². The lowest BCUT2D eigenvalue weighted by Gasteiger charge is -2.04. The van der Waals surface area contributed by atoms with Crippen molar-refractivity contribution in [2.24, 2.45) is 0 Å². The molecule has 0 radical (unpaired) electrons. The number of halogens is 3. The molecule has 0 aromatic carbocycles. The van der Waals surface area contributed by atoms with Gasteiger partial charge in [0, 0.05) is 0 Å². The maximum absolute atomic E-state index is 12.2. The Morgan fingerprint density at radius 3 is 2.57 bits per heavy atom. The lowest BCUT2D eigenvalue weighted by molar-refractivity contribution is 0.0686. The third kappa shape index (κ3) is 1.90. The number of alkyl halides is 2. The van der Waals surface area contributed by atoms with Crippen LogP contribution >= 0.6 is 11.6 Å². The Kier molecular flexibility index (Phi) is 2.85. The van der Waals surface area contributed by atoms with Crippen molar-refractivity contribution in [2.45, 2.75) is 6.43 Å². The SMILES string of the molecule is O=C(O)c1nc(Cl)c(C(F)F)cc1O. The molecule has 76 valence electrons. The third-order valence-electron chi connectivity index (χ3n) is 1.42. The highest BCUT2D eigenvalue weighted by molar-refractivity contribution is 6.30. The minimum Gasteiger partial charge on any atom is -0.505 e. The first kappa shape index (κ1) is 10.6. The van der Waals surface area contributed by atoms with E-state index in [9.17, 15) is 13.6 Å². The van der Waals surface area contributed by atoms with Gasteiger partial charge in [-0.2, -0.15) is 0 Å². The van der Waals surface area contributed by atoms with Crippen LogP contribution in [0.5, 0.6) is 5.75 Å². The van der Waals surface area contributed by atoms with Gasteiger partial charge in [0.15, 0.2) is 5.69 Å². The topological polar surface area (TPSA) is 70.4 Å². The number of carboxylic acids is 1. The molecule has 0 aliphatic heterocycles. The Hall–Kier alpha value is -1.43. The number of carbonyl (C=O) groups is 1. The highest BCUT2D eigenvalue weighted by atomic mass is 35.5. The number of aromatic nitrogens is 1. The van der Waals surface area contributed by atoms with Crippen LogP contribution in [0.4, 0.5) is 8.78 Å². The van der Waals surface area contributed by atoms with Crippen LogP contribution in [0.25, 0.3) is 0 Å². The predicted octanol–water partition coefficient (Wildman–Crippen LogP) is 2.08. The summed E-state index contributed by atoms with van der Waals surface area (Å²) in [7, 11) is 0. The van der Waals surface area contributed by atoms with Crippen molar-refractivity contribution in [1.29, 1.82) is 0 Å². The molecule has 0 atom stereocenters. The van der Waals surface area contributed by atoms with Crippen molar-refractivity contribution in [3.63, 3.8) is 0 Å². The number of carboxylic acid groups (broad SMARTS) is 1. The number of aromatic hydroxyl groups is 1. The van der Waals surface area contributed by atoms with Crippen LogP contribution in [0.1, 0.15) is 22.5 Å². The van der Waals surface area contributed by atoms with E-state index in [2.05, 4.69) is 4.98 Å². The molecule has 1 aromatic heterocycles. The summed E-state index contributed by atoms with van der Waals surface area (Å²) in [6, 6.07) is 0.587. The summed E-state index contributed by atoms with van der Waals surface area (Å²) in [5, 5.41) is 16.8. The molecule has 14 heavy (non-hydrogen) atoms. The second-order valence-electron chi connectivity index (χ2n) is 2.34. The fourth-order valence-electron chi connectivity index (χ4n) is 0.806. The smallest absolute Gasteiger partial charge is 0.358 e. The van der Waals surface area contributed by atoms with Crippen LogP contribution in [-0.2, 0) is 0 Å². The maximum atomic E-state index is 12.2. The Morgan fingerprint density at radius 2 is 2.14 bits per heavy atom. The molecule has 0 aliphatic rings. The molecule has 0 saturated carbocycles. The Labute approximate surface area is 81.8 Å². The summed E-state index contributed by atoms with van der Waals surface area (Å²) in [6.45, 7) is 0. The van der Waals surface area contributed by atoms with E-state index in [0.29, 0.717) is 6.07 Å². The van der Waals surface area contributed by atoms with E-state index in [0.717, 1.165) is 0 Å². The molecule has 4 nitrogen and oxygen atoms in total. The zero-order chi connectivity index (χ0) is 10.9. The second kappa shape index (κ2) is 3.75. The number of hydrogen-bond acceptors (Lipinski definition) is 3. The van der Waals surface area contributed by atoms with E-state index in [1.165, 1.54) is 0 Å². The first-order valence-corrected chi connectivity index (χ1v) is 3.72. The van der Waals surface area contributed by atoms with Crippen LogP contribution in [0.2, 0.25) is 5.15 Å². The fourth-order valence-corrected chi connectivity index (χ4v) is 1.03. The Balaban J connectivity index is 3.31. The van der Waals surface area contributed by atoms with Gasteiger partial charge in [0.05, 0.1) is 5.56 Å². The van der Waals surface area contributed by atoms with E-state index >= 15 is 0 Å². The van der Waals surface area contributed by atoms with E-state index in [-0.39, 0.29) is 0 Å². The summed E-state index contributed by atoms with van der Waals surface area (Å²) in [4.78, 5) is 13.5. The molecule has 1 rings (SSSR count). The summed E-state index contributed by atoms with van der Waals surface area (Å²) in [5.41, 5.74) is -1.45. The van der Waals surface area contributed by atoms with Gasteiger partial charge in [-0.25, -0.2) is 18.6 Å². The van der Waals surface area contributed by atoms with Gasteiger partial charge >= 0.3 is 5.97 Å². The summed E-state index contributed by atoms with van der Waals surface area (Å²) in [6.07, 6.45) is -2.91. The summed E-state index contributed by atoms with van der Waals surface area (Å²) < 4.78 is 24.3. The van der Waals surface area contributed by atoms with E-state index in [1.807, 2.05) is 0 Å². The fraction of sp³-hybridized carbons (Fsp3) is 0.143. The lowest BCUT2D eigenvalue weighted by atomic mass is 10.2. The number of aromatic carboxylic acids is 1. The minimum atomic E-state index is -2.91. The highest BCUT2D eigenvalue weighted by Gasteiger charge is 2.20. The summed E-state index contributed by atoms with van der Waals surface area (Å²) in [5.74, 6) is -2.37. The van der Waals surface area contributed by atoms with Crippen LogP contribution in [0.15, 0.2) is 6.07 Å². The molecule has 0 saturated heterocycles. The average molecular weight is 224 g/mol. The number of pyridine rings is 1. The van der Waals surface area contributed by atoms with Gasteiger partial charge in [-0.05, 0) is 6.07 Å². The van der Waals surface area contributed by atoms with Gasteiger partial charge in [0.1, 0.15) is 10.9 Å². The Bertz CT molecular complexity index is 383. The largest absolute Gasteiger partial charge is 0.505 e. The van der Waals surface area contributed by atoms with Gasteiger partial charge in [-0.1, -0.05) is 11.6 Å². The molecule has 0 aliphatic carbocycles. The van der Waals surface area contributed by atoms with Crippen molar-refractivity contribution in [2.75, 3.05) is 0 Å². The highest BCUT2D eigenvalue weighted by Crippen LogP contribution is 2.30. The average Bonchev–Trinajstić information content (AvgIpc) is 2.07. The molecule has 1 aromatic rings. The van der Waals surface area contributed by atoms with Crippen molar-refractivity contribution < 1.29 is 23.8 Å². The van der Waals surface area contributed by atoms with Gasteiger partial charge in [0.25, 0.3) is 6.43 Å². The number of nitrogens with zero attached hydrogens (tertiary/aromatic N) is 1. The van der Waals surface area contributed by atoms with Crippen LogP contribution < -0.4 is 0 Å². The Morgan fingerprint density at radius 1 is 1.57 bits per heavy atom. The lowest BCUT2D eigenvalue weighted by Crippen LogP contribution is -2.03. The second-order valence-corrected chi connectivity index (χ2v) is 2.70. The molecule has 2 N–H and O–H groups in total. The molecule has 1 heterocycles. The monoisotopic (exact) mass is 223 g/mol. The van der Waals surface area contributed by atoms with Crippen molar-refractivity contribution in [3.8, 4) is 5.75 Å². The standard InChI is InChI=1S/C7H4ClF2NO3/c8-5-2(6(9)10)1-3(12)4(11-5)7(13)14/h1,6,12H,(H,13,14). The molecule has 0 fully saturated rings. The van der Waals surface area contributed by atoms with Crippen LogP contribution in [0.3, 0.4) is 0 Å². The molecule has 0 amide bonds. The first-order chi connectivity index (χ1) is 6.43. The van der Waals surface area contributed by atoms with Crippen LogP contribution in [-0.4, -0.2) is 21.2 Å². The molecule has 7 heteroatoms. The number of rotatable bonds is 2. The number of hydrogen-bond donors (Lipinski definition) is 2. The first-order valence-electron chi connectivity index (χ1n) is 3.34. The maximum Gasteiger partial charge on any atom is 0.358 e. The van der Waals surface area contributed by atoms with E-state index in [1.54, 1.807) is 0 Å². The molecule has 0 bridgehead atoms. The zero-order valence-corrected chi connectivity index (χ0v) is 7.29. The van der Waals surface area contributed by atoms with Gasteiger partial charge < -0.3 is 10.2 Å². The molecule has 0 spiro atoms. The van der Waals surface area contributed by atoms with E-state index < -0.39 is 34.6 Å². The molecular weight excluding hydrogens is 220 g/mol. The van der Waals surface area contributed by atoms with Crippen LogP contribution in [0, 0.1) is 0 Å². The normalized spacial score (nSPS) is 10.6. The van der Waals surface area contributed by atoms with Crippen molar-refractivity contribution in [1.82, 2.24) is 4.98 Å². The van der Waals surface area contributed by atoms with Gasteiger partial charge in [-0.3, -0.25) is 0 Å². The van der Waals surface area contributed by atoms with Crippen molar-refractivity contribution >= 4 is 17.6 Å².